The van der Waals surface area contributed by atoms with E-state index in [1.54, 1.807) is 12.1 Å². The summed E-state index contributed by atoms with van der Waals surface area (Å²) in [5, 5.41) is 4.83. The van der Waals surface area contributed by atoms with Gasteiger partial charge in [-0.3, -0.25) is 9.78 Å². The number of aromatic nitrogens is 1. The smallest absolute Gasteiger partial charge is 0.323 e. The highest BCUT2D eigenvalue weighted by Gasteiger charge is 2.18. The monoisotopic (exact) mass is 526 g/mol. The zero-order chi connectivity index (χ0) is 27.2. The van der Waals surface area contributed by atoms with E-state index in [4.69, 9.17) is 19.9 Å². The van der Waals surface area contributed by atoms with E-state index in [0.29, 0.717) is 18.1 Å². The summed E-state index contributed by atoms with van der Waals surface area (Å²) in [5.41, 5.74) is 5.36. The number of primary amides is 1. The number of nitrogens with two attached hydrogens (primary N) is 1. The lowest BCUT2D eigenvalue weighted by atomic mass is 10.1. The number of anilines is 2. The fourth-order valence-electron chi connectivity index (χ4n) is 3.51. The molecule has 38 heavy (non-hydrogen) atoms. The van der Waals surface area contributed by atoms with Crippen molar-refractivity contribution in [1.29, 1.82) is 0 Å². The lowest BCUT2D eigenvalue weighted by molar-refractivity contribution is 0.0994. The van der Waals surface area contributed by atoms with Crippen LogP contribution in [0.15, 0.2) is 60.8 Å². The summed E-state index contributed by atoms with van der Waals surface area (Å²) in [6.45, 7) is 0.489. The van der Waals surface area contributed by atoms with E-state index in [2.05, 4.69) is 15.6 Å². The second-order valence-electron chi connectivity index (χ2n) is 7.80. The first kappa shape index (κ1) is 26.2. The quantitative estimate of drug-likeness (QED) is 0.257. The Morgan fingerprint density at radius 1 is 0.895 bits per heavy atom. The summed E-state index contributed by atoms with van der Waals surface area (Å²) in [6, 6.07) is 10.0. The molecule has 1 aromatic heterocycles. The number of nitrogens with one attached hydrogen (secondary N) is 2. The number of hydrogen-bond donors (Lipinski definition) is 3. The molecule has 0 aliphatic rings. The summed E-state index contributed by atoms with van der Waals surface area (Å²) < 4.78 is 57.9. The number of carbonyl (C=O) groups is 2. The maximum atomic E-state index is 14.7. The van der Waals surface area contributed by atoms with Crippen LogP contribution in [-0.4, -0.2) is 37.2 Å². The predicted molar refractivity (Wildman–Crippen MR) is 133 cm³/mol. The van der Waals surface area contributed by atoms with Crippen molar-refractivity contribution in [2.75, 3.05) is 31.0 Å². The van der Waals surface area contributed by atoms with Gasteiger partial charge < -0.3 is 30.6 Å². The molecule has 4 rings (SSSR count). The highest BCUT2D eigenvalue weighted by Crippen LogP contribution is 2.35. The van der Waals surface area contributed by atoms with E-state index in [0.717, 1.165) is 18.2 Å². The van der Waals surface area contributed by atoms with Crippen molar-refractivity contribution in [3.05, 3.63) is 83.8 Å². The number of methoxy groups -OCH3 is 1. The summed E-state index contributed by atoms with van der Waals surface area (Å²) in [5.74, 6) is -2.83. The molecule has 0 saturated carbocycles. The molecule has 0 bridgehead atoms. The van der Waals surface area contributed by atoms with Crippen LogP contribution in [0.2, 0.25) is 0 Å². The zero-order valence-electron chi connectivity index (χ0n) is 19.9. The number of rotatable bonds is 9. The number of benzene rings is 3. The van der Waals surface area contributed by atoms with Crippen LogP contribution in [0.5, 0.6) is 17.2 Å². The van der Waals surface area contributed by atoms with Crippen molar-refractivity contribution < 1.29 is 37.0 Å². The first-order valence-electron chi connectivity index (χ1n) is 11.1. The van der Waals surface area contributed by atoms with Crippen molar-refractivity contribution in [2.24, 2.45) is 5.73 Å². The minimum Gasteiger partial charge on any atom is -0.490 e. The zero-order valence-corrected chi connectivity index (χ0v) is 19.9. The third-order valence-electron chi connectivity index (χ3n) is 5.22. The van der Waals surface area contributed by atoms with Crippen LogP contribution in [0.25, 0.3) is 10.9 Å². The van der Waals surface area contributed by atoms with E-state index >= 15 is 0 Å². The van der Waals surface area contributed by atoms with Gasteiger partial charge in [0.25, 0.3) is 5.91 Å². The summed E-state index contributed by atoms with van der Waals surface area (Å²) in [4.78, 5) is 28.5. The SMILES string of the molecule is COCCOc1ccc2c(Oc3ccc(NC(=O)Nc4ccc(F)cc4F)c(F)c3)ccnc2c1C(N)=O. The second kappa shape index (κ2) is 11.5. The van der Waals surface area contributed by atoms with Crippen molar-refractivity contribution in [1.82, 2.24) is 4.98 Å². The maximum absolute atomic E-state index is 14.7. The molecule has 9 nitrogen and oxygen atoms in total. The van der Waals surface area contributed by atoms with Crippen LogP contribution in [0.4, 0.5) is 29.3 Å². The van der Waals surface area contributed by atoms with Crippen molar-refractivity contribution in [3.8, 4) is 17.2 Å². The first-order chi connectivity index (χ1) is 18.3. The van der Waals surface area contributed by atoms with E-state index in [1.807, 2.05) is 0 Å². The normalized spacial score (nSPS) is 10.7. The van der Waals surface area contributed by atoms with Crippen molar-refractivity contribution in [2.45, 2.75) is 0 Å². The molecule has 4 aromatic rings. The molecule has 0 radical (unpaired) electrons. The summed E-state index contributed by atoms with van der Waals surface area (Å²) >= 11 is 0. The number of hydrogen-bond acceptors (Lipinski definition) is 6. The van der Waals surface area contributed by atoms with Gasteiger partial charge in [0.2, 0.25) is 0 Å². The molecule has 3 aromatic carbocycles. The minimum atomic E-state index is -0.984. The molecular formula is C26H21F3N4O5. The predicted octanol–water partition coefficient (Wildman–Crippen LogP) is 5.21. The molecular weight excluding hydrogens is 505 g/mol. The fourth-order valence-corrected chi connectivity index (χ4v) is 3.51. The van der Waals surface area contributed by atoms with Crippen LogP contribution >= 0.6 is 0 Å². The van der Waals surface area contributed by atoms with Gasteiger partial charge >= 0.3 is 6.03 Å². The molecule has 4 N–H and O–H groups in total. The Balaban J connectivity index is 1.53. The second-order valence-corrected chi connectivity index (χ2v) is 7.80. The van der Waals surface area contributed by atoms with Gasteiger partial charge in [-0.1, -0.05) is 0 Å². The van der Waals surface area contributed by atoms with Gasteiger partial charge in [0.05, 0.1) is 23.5 Å². The Kier molecular flexibility index (Phi) is 7.92. The van der Waals surface area contributed by atoms with Crippen LogP contribution in [0.3, 0.4) is 0 Å². The van der Waals surface area contributed by atoms with E-state index in [9.17, 15) is 22.8 Å². The molecule has 0 aliphatic heterocycles. The number of ether oxygens (including phenoxy) is 3. The Hall–Kier alpha value is -4.84. The Labute approximate surface area is 214 Å². The van der Waals surface area contributed by atoms with Gasteiger partial charge in [-0.15, -0.1) is 0 Å². The Morgan fingerprint density at radius 2 is 1.61 bits per heavy atom. The molecule has 0 unspecified atom stereocenters. The molecule has 1 heterocycles. The molecule has 0 aliphatic carbocycles. The largest absolute Gasteiger partial charge is 0.490 e. The van der Waals surface area contributed by atoms with Gasteiger partial charge in [-0.05, 0) is 42.5 Å². The molecule has 0 saturated heterocycles. The number of carbonyl (C=O) groups excluding carboxylic acids is 2. The Morgan fingerprint density at radius 3 is 2.26 bits per heavy atom. The lowest BCUT2D eigenvalue weighted by Gasteiger charge is -2.14. The number of fused-ring (bicyclic) bond motifs is 1. The van der Waals surface area contributed by atoms with Crippen LogP contribution in [0.1, 0.15) is 10.4 Å². The van der Waals surface area contributed by atoms with Crippen LogP contribution in [0, 0.1) is 17.5 Å². The number of pyridine rings is 1. The van der Waals surface area contributed by atoms with E-state index < -0.39 is 29.4 Å². The van der Waals surface area contributed by atoms with Gasteiger partial charge in [0.1, 0.15) is 46.9 Å². The maximum Gasteiger partial charge on any atom is 0.323 e. The Bertz CT molecular complexity index is 1520. The molecule has 0 atom stereocenters. The molecule has 12 heteroatoms. The first-order valence-corrected chi connectivity index (χ1v) is 11.1. The minimum absolute atomic E-state index is 0.0541. The molecule has 0 spiro atoms. The highest BCUT2D eigenvalue weighted by molar-refractivity contribution is 6.08. The standard InChI is InChI=1S/C26H21F3N4O5/c1-36-10-11-37-22-7-4-16-21(8-9-31-24(16)23(22)25(30)34)38-15-3-6-20(18(29)13-15)33-26(35)32-19-5-2-14(27)12-17(19)28/h2-9,12-13H,10-11H2,1H3,(H2,30,34)(H2,32,33,35). The van der Waals surface area contributed by atoms with Gasteiger partial charge in [0.15, 0.2) is 0 Å². The van der Waals surface area contributed by atoms with Crippen molar-refractivity contribution in [3.63, 3.8) is 0 Å². The van der Waals surface area contributed by atoms with E-state index in [-0.39, 0.29) is 46.3 Å². The third kappa shape index (κ3) is 5.93. The summed E-state index contributed by atoms with van der Waals surface area (Å²) in [6.07, 6.45) is 1.40. The van der Waals surface area contributed by atoms with Crippen LogP contribution < -0.4 is 25.8 Å². The average molecular weight is 526 g/mol. The number of urea groups is 1. The average Bonchev–Trinajstić information content (AvgIpc) is 2.87. The van der Waals surface area contributed by atoms with Gasteiger partial charge in [-0.25, -0.2) is 18.0 Å². The number of nitrogens with zero attached hydrogens (tertiary/aromatic N) is 1. The molecule has 0 fully saturated rings. The van der Waals surface area contributed by atoms with Gasteiger partial charge in [0, 0.05) is 30.8 Å². The van der Waals surface area contributed by atoms with Crippen molar-refractivity contribution >= 4 is 34.2 Å². The highest BCUT2D eigenvalue weighted by atomic mass is 19.1. The van der Waals surface area contributed by atoms with Crippen LogP contribution in [-0.2, 0) is 4.74 Å². The van der Waals surface area contributed by atoms with Gasteiger partial charge in [-0.2, -0.15) is 0 Å². The topological polar surface area (TPSA) is 125 Å². The number of amides is 3. The molecule has 196 valence electrons. The fraction of sp³-hybridized carbons (Fsp3) is 0.115. The summed E-state index contributed by atoms with van der Waals surface area (Å²) in [7, 11) is 1.51. The lowest BCUT2D eigenvalue weighted by Crippen LogP contribution is -2.20. The molecule has 3 amide bonds. The third-order valence-corrected chi connectivity index (χ3v) is 5.22. The number of halogens is 3. The van der Waals surface area contributed by atoms with E-state index in [1.165, 1.54) is 31.5 Å².